The van der Waals surface area contributed by atoms with Crippen LogP contribution in [0.15, 0.2) is 40.2 Å². The monoisotopic (exact) mass is 364 g/mol. The maximum atomic E-state index is 3.57. The molecule has 0 unspecified atom stereocenters. The first kappa shape index (κ1) is 15.1. The van der Waals surface area contributed by atoms with Gasteiger partial charge in [0.15, 0.2) is 0 Å². The number of hydrogen-bond donors (Lipinski definition) is 1. The Bertz CT molecular complexity index is 558. The fraction of sp³-hybridized carbons (Fsp3) is 0.412. The minimum absolute atomic E-state index is 0.921. The van der Waals surface area contributed by atoms with Crippen LogP contribution in [0.3, 0.4) is 0 Å². The van der Waals surface area contributed by atoms with Crippen molar-refractivity contribution >= 4 is 33.0 Å². The number of nitrogens with zero attached hydrogens (tertiary/aromatic N) is 1. The lowest BCUT2D eigenvalue weighted by atomic mass is 10.1. The van der Waals surface area contributed by atoms with E-state index in [4.69, 9.17) is 0 Å². The van der Waals surface area contributed by atoms with Gasteiger partial charge in [0.1, 0.15) is 0 Å². The Kier molecular flexibility index (Phi) is 5.33. The molecule has 0 radical (unpaired) electrons. The van der Waals surface area contributed by atoms with E-state index in [0.717, 1.165) is 13.1 Å². The zero-order chi connectivity index (χ0) is 14.5. The Morgan fingerprint density at radius 2 is 1.76 bits per heavy atom. The predicted octanol–water partition coefficient (Wildman–Crippen LogP) is 4.79. The Morgan fingerprint density at radius 3 is 2.43 bits per heavy atom. The van der Waals surface area contributed by atoms with E-state index in [1.165, 1.54) is 53.0 Å². The van der Waals surface area contributed by atoms with E-state index in [0.29, 0.717) is 0 Å². The van der Waals surface area contributed by atoms with E-state index >= 15 is 0 Å². The standard InChI is InChI=1S/C17H21BrN2S/c18-16-8-11-21-17(16)13-19-12-14-4-6-15(7-5-14)20-9-2-1-3-10-20/h4-8,11,19H,1-3,9-10,12-13H2. The minimum Gasteiger partial charge on any atom is -0.372 e. The van der Waals surface area contributed by atoms with E-state index in [1.54, 1.807) is 11.3 Å². The van der Waals surface area contributed by atoms with Gasteiger partial charge in [-0.15, -0.1) is 11.3 Å². The lowest BCUT2D eigenvalue weighted by Crippen LogP contribution is -2.29. The molecular weight excluding hydrogens is 344 g/mol. The summed E-state index contributed by atoms with van der Waals surface area (Å²) in [5.74, 6) is 0. The maximum Gasteiger partial charge on any atom is 0.0366 e. The summed E-state index contributed by atoms with van der Waals surface area (Å²) in [6, 6.07) is 11.1. The molecule has 112 valence electrons. The molecule has 1 N–H and O–H groups in total. The second-order valence-electron chi connectivity index (χ2n) is 5.51. The number of piperidine rings is 1. The summed E-state index contributed by atoms with van der Waals surface area (Å²) in [7, 11) is 0. The summed E-state index contributed by atoms with van der Waals surface area (Å²) in [4.78, 5) is 3.86. The molecule has 1 aliphatic rings. The molecule has 1 aliphatic heterocycles. The molecule has 3 rings (SSSR count). The number of anilines is 1. The Labute approximate surface area is 139 Å². The second kappa shape index (κ2) is 7.43. The van der Waals surface area contributed by atoms with Gasteiger partial charge in [0, 0.05) is 41.2 Å². The van der Waals surface area contributed by atoms with Crippen molar-refractivity contribution in [1.29, 1.82) is 0 Å². The number of rotatable bonds is 5. The highest BCUT2D eigenvalue weighted by Crippen LogP contribution is 2.23. The van der Waals surface area contributed by atoms with Gasteiger partial charge in [-0.05, 0) is 64.3 Å². The second-order valence-corrected chi connectivity index (χ2v) is 7.36. The van der Waals surface area contributed by atoms with Crippen molar-refractivity contribution in [3.8, 4) is 0 Å². The van der Waals surface area contributed by atoms with Gasteiger partial charge in [0.25, 0.3) is 0 Å². The average Bonchev–Trinajstić information content (AvgIpc) is 2.94. The molecule has 1 fully saturated rings. The van der Waals surface area contributed by atoms with Crippen LogP contribution in [0, 0.1) is 0 Å². The van der Waals surface area contributed by atoms with Crippen LogP contribution in [0.1, 0.15) is 29.7 Å². The van der Waals surface area contributed by atoms with Gasteiger partial charge >= 0.3 is 0 Å². The Hall–Kier alpha value is -0.840. The molecule has 0 saturated carbocycles. The highest BCUT2D eigenvalue weighted by atomic mass is 79.9. The maximum absolute atomic E-state index is 3.57. The van der Waals surface area contributed by atoms with E-state index < -0.39 is 0 Å². The van der Waals surface area contributed by atoms with E-state index in [1.807, 2.05) is 0 Å². The summed E-state index contributed by atoms with van der Waals surface area (Å²) in [5.41, 5.74) is 2.72. The van der Waals surface area contributed by atoms with E-state index in [2.05, 4.69) is 61.9 Å². The van der Waals surface area contributed by atoms with E-state index in [-0.39, 0.29) is 0 Å². The van der Waals surface area contributed by atoms with Crippen molar-refractivity contribution in [2.75, 3.05) is 18.0 Å². The molecule has 0 atom stereocenters. The third-order valence-electron chi connectivity index (χ3n) is 3.96. The number of nitrogens with one attached hydrogen (secondary N) is 1. The molecule has 0 aliphatic carbocycles. The fourth-order valence-electron chi connectivity index (χ4n) is 2.75. The van der Waals surface area contributed by atoms with Crippen molar-refractivity contribution in [3.63, 3.8) is 0 Å². The number of benzene rings is 1. The van der Waals surface area contributed by atoms with Crippen molar-refractivity contribution in [2.24, 2.45) is 0 Å². The summed E-state index contributed by atoms with van der Waals surface area (Å²) in [6.45, 7) is 4.27. The quantitative estimate of drug-likeness (QED) is 0.820. The largest absolute Gasteiger partial charge is 0.372 e. The number of halogens is 1. The molecule has 2 heterocycles. The molecule has 4 heteroatoms. The zero-order valence-corrected chi connectivity index (χ0v) is 14.5. The SMILES string of the molecule is Brc1ccsc1CNCc1ccc(N2CCCCC2)cc1. The van der Waals surface area contributed by atoms with Crippen LogP contribution in [-0.4, -0.2) is 13.1 Å². The number of hydrogen-bond acceptors (Lipinski definition) is 3. The highest BCUT2D eigenvalue weighted by molar-refractivity contribution is 9.10. The molecule has 1 aromatic heterocycles. The average molecular weight is 365 g/mol. The molecular formula is C17H21BrN2S. The van der Waals surface area contributed by atoms with Gasteiger partial charge in [-0.3, -0.25) is 0 Å². The van der Waals surface area contributed by atoms with Gasteiger partial charge in [0.05, 0.1) is 0 Å². The molecule has 2 nitrogen and oxygen atoms in total. The normalized spacial score (nSPS) is 15.4. The predicted molar refractivity (Wildman–Crippen MR) is 95.1 cm³/mol. The van der Waals surface area contributed by atoms with Crippen molar-refractivity contribution in [1.82, 2.24) is 5.32 Å². The van der Waals surface area contributed by atoms with Crippen LogP contribution < -0.4 is 10.2 Å². The van der Waals surface area contributed by atoms with Crippen LogP contribution in [0.4, 0.5) is 5.69 Å². The molecule has 0 spiro atoms. The Morgan fingerprint density at radius 1 is 1.00 bits per heavy atom. The van der Waals surface area contributed by atoms with Gasteiger partial charge < -0.3 is 10.2 Å². The number of thiophene rings is 1. The van der Waals surface area contributed by atoms with Crippen LogP contribution in [0.25, 0.3) is 0 Å². The topological polar surface area (TPSA) is 15.3 Å². The molecule has 1 saturated heterocycles. The molecule has 21 heavy (non-hydrogen) atoms. The summed E-state index contributed by atoms with van der Waals surface area (Å²) < 4.78 is 1.21. The van der Waals surface area contributed by atoms with Gasteiger partial charge in [-0.1, -0.05) is 12.1 Å². The van der Waals surface area contributed by atoms with Crippen LogP contribution >= 0.6 is 27.3 Å². The third-order valence-corrected chi connectivity index (χ3v) is 5.89. The summed E-state index contributed by atoms with van der Waals surface area (Å²) in [6.07, 6.45) is 4.05. The van der Waals surface area contributed by atoms with Crippen molar-refractivity contribution in [2.45, 2.75) is 32.4 Å². The van der Waals surface area contributed by atoms with Crippen LogP contribution in [0.5, 0.6) is 0 Å². The first-order valence-corrected chi connectivity index (χ1v) is 9.27. The van der Waals surface area contributed by atoms with Gasteiger partial charge in [-0.25, -0.2) is 0 Å². The zero-order valence-electron chi connectivity index (χ0n) is 12.1. The van der Waals surface area contributed by atoms with Crippen molar-refractivity contribution < 1.29 is 0 Å². The van der Waals surface area contributed by atoms with Gasteiger partial charge in [0.2, 0.25) is 0 Å². The van der Waals surface area contributed by atoms with E-state index in [9.17, 15) is 0 Å². The molecule has 2 aromatic rings. The molecule has 0 bridgehead atoms. The van der Waals surface area contributed by atoms with Gasteiger partial charge in [-0.2, -0.15) is 0 Å². The fourth-order valence-corrected chi connectivity index (χ4v) is 4.21. The smallest absolute Gasteiger partial charge is 0.0366 e. The summed E-state index contributed by atoms with van der Waals surface area (Å²) in [5, 5.41) is 5.63. The highest BCUT2D eigenvalue weighted by Gasteiger charge is 2.10. The lowest BCUT2D eigenvalue weighted by molar-refractivity contribution is 0.578. The molecule has 0 amide bonds. The van der Waals surface area contributed by atoms with Crippen LogP contribution in [0.2, 0.25) is 0 Å². The minimum atomic E-state index is 0.921. The molecule has 1 aromatic carbocycles. The third kappa shape index (κ3) is 4.09. The first-order chi connectivity index (χ1) is 10.3. The summed E-state index contributed by atoms with van der Waals surface area (Å²) >= 11 is 5.36. The Balaban J connectivity index is 1.51. The lowest BCUT2D eigenvalue weighted by Gasteiger charge is -2.28. The first-order valence-electron chi connectivity index (χ1n) is 7.59. The van der Waals surface area contributed by atoms with Crippen molar-refractivity contribution in [3.05, 3.63) is 50.6 Å². The van der Waals surface area contributed by atoms with Crippen LogP contribution in [-0.2, 0) is 13.1 Å².